The number of nitrogens with zero attached hydrogens (tertiary/aromatic N) is 1. The van der Waals surface area contributed by atoms with Crippen LogP contribution in [0.3, 0.4) is 0 Å². The Labute approximate surface area is 152 Å². The maximum absolute atomic E-state index is 10.4. The van der Waals surface area contributed by atoms with Crippen LogP contribution in [0.5, 0.6) is 5.75 Å². The fraction of sp³-hybridized carbons (Fsp3) is 0. The Balaban J connectivity index is 1.69. The summed E-state index contributed by atoms with van der Waals surface area (Å²) < 4.78 is 0. The Morgan fingerprint density at radius 3 is 2.23 bits per heavy atom. The molecule has 3 nitrogen and oxygen atoms in total. The molecular weight excluding hydrogens is 320 g/mol. The molecule has 0 atom stereocenters. The van der Waals surface area contributed by atoms with Gasteiger partial charge >= 0.3 is 0 Å². The molecule has 0 unspecified atom stereocenters. The van der Waals surface area contributed by atoms with Crippen LogP contribution in [0.25, 0.3) is 21.9 Å². The molecule has 0 aromatic heterocycles. The summed E-state index contributed by atoms with van der Waals surface area (Å²) in [6.45, 7) is 0. The highest BCUT2D eigenvalue weighted by Gasteiger charge is 2.05. The summed E-state index contributed by atoms with van der Waals surface area (Å²) >= 11 is 0. The number of hydrogen-bond donors (Lipinski definition) is 2. The highest BCUT2D eigenvalue weighted by atomic mass is 16.3. The van der Waals surface area contributed by atoms with Crippen molar-refractivity contribution in [1.82, 2.24) is 0 Å². The number of anilines is 1. The first-order chi connectivity index (χ1) is 12.7. The number of phenolic OH excluding ortho intramolecular Hbond substituents is 1. The first kappa shape index (κ1) is 15.9. The molecule has 4 aromatic carbocycles. The molecule has 0 aliphatic rings. The lowest BCUT2D eigenvalue weighted by atomic mass is 10.0. The van der Waals surface area contributed by atoms with Crippen LogP contribution >= 0.6 is 0 Å². The topological polar surface area (TPSA) is 58.6 Å². The van der Waals surface area contributed by atoms with Gasteiger partial charge in [0.25, 0.3) is 0 Å². The molecule has 4 aromatic rings. The van der Waals surface area contributed by atoms with Gasteiger partial charge in [-0.05, 0) is 35.4 Å². The van der Waals surface area contributed by atoms with E-state index in [0.717, 1.165) is 33.3 Å². The van der Waals surface area contributed by atoms with E-state index in [4.69, 9.17) is 5.73 Å². The summed E-state index contributed by atoms with van der Waals surface area (Å²) in [5.74, 6) is 0.204. The smallest absolute Gasteiger partial charge is 0.124 e. The lowest BCUT2D eigenvalue weighted by Crippen LogP contribution is -1.87. The van der Waals surface area contributed by atoms with Crippen LogP contribution in [0, 0.1) is 0 Å². The van der Waals surface area contributed by atoms with E-state index in [1.54, 1.807) is 12.3 Å². The average Bonchev–Trinajstić information content (AvgIpc) is 2.69. The number of fused-ring (bicyclic) bond motifs is 1. The Morgan fingerprint density at radius 1 is 0.731 bits per heavy atom. The second kappa shape index (κ2) is 6.73. The van der Waals surface area contributed by atoms with Crippen molar-refractivity contribution in [2.24, 2.45) is 4.99 Å². The van der Waals surface area contributed by atoms with E-state index >= 15 is 0 Å². The molecule has 0 spiro atoms. The second-order valence-electron chi connectivity index (χ2n) is 6.12. The number of aliphatic imine (C=N–C) groups is 1. The molecule has 3 heteroatoms. The van der Waals surface area contributed by atoms with Crippen molar-refractivity contribution in [3.8, 4) is 16.9 Å². The number of nitrogens with two attached hydrogens (primary N) is 1. The van der Waals surface area contributed by atoms with Crippen molar-refractivity contribution < 1.29 is 5.11 Å². The molecule has 3 N–H and O–H groups in total. The third kappa shape index (κ3) is 3.03. The monoisotopic (exact) mass is 338 g/mol. The first-order valence-corrected chi connectivity index (χ1v) is 8.42. The molecule has 126 valence electrons. The van der Waals surface area contributed by atoms with Crippen molar-refractivity contribution in [1.29, 1.82) is 0 Å². The largest absolute Gasteiger partial charge is 0.507 e. The summed E-state index contributed by atoms with van der Waals surface area (Å²) in [7, 11) is 0. The van der Waals surface area contributed by atoms with Crippen molar-refractivity contribution >= 4 is 28.4 Å². The minimum absolute atomic E-state index is 0.204. The van der Waals surface area contributed by atoms with E-state index in [9.17, 15) is 5.11 Å². The summed E-state index contributed by atoms with van der Waals surface area (Å²) in [6, 6.07) is 27.2. The molecule has 0 saturated heterocycles. The third-order valence-corrected chi connectivity index (χ3v) is 4.42. The van der Waals surface area contributed by atoms with E-state index < -0.39 is 0 Å². The van der Waals surface area contributed by atoms with Crippen LogP contribution in [0.1, 0.15) is 5.56 Å². The summed E-state index contributed by atoms with van der Waals surface area (Å²) in [4.78, 5) is 4.57. The molecule has 0 saturated carbocycles. The Hall–Kier alpha value is -3.59. The van der Waals surface area contributed by atoms with Gasteiger partial charge in [0, 0.05) is 28.2 Å². The van der Waals surface area contributed by atoms with Crippen molar-refractivity contribution in [3.63, 3.8) is 0 Å². The van der Waals surface area contributed by atoms with Crippen LogP contribution in [0.15, 0.2) is 89.9 Å². The average molecular weight is 338 g/mol. The quantitative estimate of drug-likeness (QED) is 0.380. The van der Waals surface area contributed by atoms with Gasteiger partial charge in [-0.3, -0.25) is 4.99 Å². The number of rotatable bonds is 3. The third-order valence-electron chi connectivity index (χ3n) is 4.42. The number of nitrogen functional groups attached to an aromatic ring is 1. The van der Waals surface area contributed by atoms with Crippen molar-refractivity contribution in [2.45, 2.75) is 0 Å². The molecule has 4 rings (SSSR count). The number of benzene rings is 4. The molecule has 0 aliphatic carbocycles. The van der Waals surface area contributed by atoms with Gasteiger partial charge in [0.15, 0.2) is 0 Å². The highest BCUT2D eigenvalue weighted by molar-refractivity contribution is 6.01. The molecule has 0 fully saturated rings. The minimum atomic E-state index is 0.204. The van der Waals surface area contributed by atoms with Crippen LogP contribution in [-0.4, -0.2) is 11.3 Å². The van der Waals surface area contributed by atoms with Crippen LogP contribution in [0.2, 0.25) is 0 Å². The fourth-order valence-corrected chi connectivity index (χ4v) is 3.02. The maximum Gasteiger partial charge on any atom is 0.124 e. The lowest BCUT2D eigenvalue weighted by molar-refractivity contribution is 0.475. The zero-order valence-electron chi connectivity index (χ0n) is 14.1. The summed E-state index contributed by atoms with van der Waals surface area (Å²) in [5, 5.41) is 12.3. The van der Waals surface area contributed by atoms with E-state index in [2.05, 4.69) is 4.99 Å². The molecule has 0 radical (unpaired) electrons. The lowest BCUT2D eigenvalue weighted by Gasteiger charge is -2.06. The summed E-state index contributed by atoms with van der Waals surface area (Å²) in [6.07, 6.45) is 1.68. The Bertz CT molecular complexity index is 1100. The SMILES string of the molecule is Nc1ccc(N=Cc2ccc(-c3ccccc3)cc2O)c2ccccc12. The van der Waals surface area contributed by atoms with Crippen molar-refractivity contribution in [2.75, 3.05) is 5.73 Å². The van der Waals surface area contributed by atoms with Gasteiger partial charge in [0.05, 0.1) is 5.69 Å². The van der Waals surface area contributed by atoms with Gasteiger partial charge in [0.1, 0.15) is 5.75 Å². The van der Waals surface area contributed by atoms with Gasteiger partial charge in [-0.1, -0.05) is 60.7 Å². The number of hydrogen-bond acceptors (Lipinski definition) is 3. The van der Waals surface area contributed by atoms with Gasteiger partial charge in [-0.25, -0.2) is 0 Å². The number of phenols is 1. The zero-order chi connectivity index (χ0) is 17.9. The predicted molar refractivity (Wildman–Crippen MR) is 109 cm³/mol. The van der Waals surface area contributed by atoms with E-state index in [1.807, 2.05) is 78.9 Å². The molecule has 0 heterocycles. The van der Waals surface area contributed by atoms with Gasteiger partial charge in [-0.2, -0.15) is 0 Å². The Morgan fingerprint density at radius 2 is 1.46 bits per heavy atom. The van der Waals surface area contributed by atoms with Gasteiger partial charge in [0.2, 0.25) is 0 Å². The maximum atomic E-state index is 10.4. The van der Waals surface area contributed by atoms with E-state index in [0.29, 0.717) is 5.56 Å². The molecule has 0 bridgehead atoms. The van der Waals surface area contributed by atoms with Crippen LogP contribution < -0.4 is 5.73 Å². The second-order valence-corrected chi connectivity index (χ2v) is 6.12. The number of aromatic hydroxyl groups is 1. The Kier molecular flexibility index (Phi) is 4.12. The zero-order valence-corrected chi connectivity index (χ0v) is 14.1. The van der Waals surface area contributed by atoms with Crippen LogP contribution in [0.4, 0.5) is 11.4 Å². The van der Waals surface area contributed by atoms with E-state index in [1.165, 1.54) is 0 Å². The predicted octanol–water partition coefficient (Wildman–Crippen LogP) is 5.55. The van der Waals surface area contributed by atoms with Crippen LogP contribution in [-0.2, 0) is 0 Å². The standard InChI is InChI=1S/C23H18N2O/c24-21-12-13-22(20-9-5-4-8-19(20)21)25-15-18-11-10-17(14-23(18)26)16-6-2-1-3-7-16/h1-15,26H,24H2. The highest BCUT2D eigenvalue weighted by Crippen LogP contribution is 2.31. The normalized spacial score (nSPS) is 11.2. The summed E-state index contributed by atoms with van der Waals surface area (Å²) in [5.41, 5.74) is 10.3. The molecule has 0 amide bonds. The van der Waals surface area contributed by atoms with Gasteiger partial charge < -0.3 is 10.8 Å². The van der Waals surface area contributed by atoms with Gasteiger partial charge in [-0.15, -0.1) is 0 Å². The molecular formula is C23H18N2O. The van der Waals surface area contributed by atoms with E-state index in [-0.39, 0.29) is 5.75 Å². The first-order valence-electron chi connectivity index (χ1n) is 8.42. The molecule has 0 aliphatic heterocycles. The van der Waals surface area contributed by atoms with Crippen molar-refractivity contribution in [3.05, 3.63) is 90.5 Å². The molecule has 26 heavy (non-hydrogen) atoms. The fourth-order valence-electron chi connectivity index (χ4n) is 3.02. The minimum Gasteiger partial charge on any atom is -0.507 e.